The fraction of sp³-hybridized carbons (Fsp3) is 0.674. The average Bonchev–Trinajstić information content (AvgIpc) is 3.91. The van der Waals surface area contributed by atoms with E-state index in [0.29, 0.717) is 37.3 Å². The Morgan fingerprint density at radius 3 is 1.22 bits per heavy atom. The van der Waals surface area contributed by atoms with Crippen LogP contribution in [0.2, 0.25) is 0 Å². The fourth-order valence-corrected chi connectivity index (χ4v) is 11.0. The smallest absolute Gasteiger partial charge is 0.315 e. The summed E-state index contributed by atoms with van der Waals surface area (Å²) in [5.41, 5.74) is 6.05. The zero-order valence-electron chi connectivity index (χ0n) is 31.2. The van der Waals surface area contributed by atoms with Crippen molar-refractivity contribution in [1.82, 2.24) is 31.1 Å². The van der Waals surface area contributed by atoms with Crippen LogP contribution in [-0.4, -0.2) is 60.1 Å². The molecular formula is C43H62N6O2. The highest BCUT2D eigenvalue weighted by Crippen LogP contribution is 2.54. The maximum absolute atomic E-state index is 12.8. The van der Waals surface area contributed by atoms with E-state index in [2.05, 4.69) is 93.4 Å². The van der Waals surface area contributed by atoms with Gasteiger partial charge in [0.15, 0.2) is 0 Å². The second-order valence-electron chi connectivity index (χ2n) is 17.8. The quantitative estimate of drug-likeness (QED) is 0.180. The third-order valence-electron chi connectivity index (χ3n) is 13.9. The van der Waals surface area contributed by atoms with Gasteiger partial charge in [0.05, 0.1) is 0 Å². The molecule has 0 aromatic heterocycles. The summed E-state index contributed by atoms with van der Waals surface area (Å²) < 4.78 is 0. The molecule has 8 rings (SSSR count). The van der Waals surface area contributed by atoms with Crippen LogP contribution in [0.3, 0.4) is 0 Å². The number of urea groups is 2. The number of carbonyl (C=O) groups excluding carboxylic acids is 2. The van der Waals surface area contributed by atoms with Gasteiger partial charge in [-0.1, -0.05) is 62.4 Å². The van der Waals surface area contributed by atoms with Crippen molar-refractivity contribution in [2.45, 2.75) is 140 Å². The Hall–Kier alpha value is -3.10. The SMILES string of the molecule is CC(C)(CNC(=O)NC1CCC(CCN2[C@@H]3CC[C@H]2c2ccccc23)CC1)CNC(=O)NC1CCC(CCN2[C@@H]3CC[C@H]2c2ccccc23)CC1. The second-order valence-corrected chi connectivity index (χ2v) is 17.8. The van der Waals surface area contributed by atoms with Crippen molar-refractivity contribution in [3.63, 3.8) is 0 Å². The lowest BCUT2D eigenvalue weighted by Crippen LogP contribution is -2.50. The Morgan fingerprint density at radius 1 is 0.549 bits per heavy atom. The van der Waals surface area contributed by atoms with E-state index in [4.69, 9.17) is 0 Å². The van der Waals surface area contributed by atoms with Crippen molar-refractivity contribution in [1.29, 1.82) is 0 Å². The van der Waals surface area contributed by atoms with E-state index in [-0.39, 0.29) is 29.6 Å². The van der Waals surface area contributed by atoms with Gasteiger partial charge in [-0.15, -0.1) is 0 Å². The molecule has 4 aliphatic heterocycles. The van der Waals surface area contributed by atoms with Crippen molar-refractivity contribution in [2.75, 3.05) is 26.2 Å². The maximum Gasteiger partial charge on any atom is 0.315 e. The Bertz CT molecular complexity index is 1350. The molecule has 0 radical (unpaired) electrons. The molecule has 2 saturated carbocycles. The molecular weight excluding hydrogens is 633 g/mol. The van der Waals surface area contributed by atoms with E-state index in [0.717, 1.165) is 37.5 Å². The molecule has 2 aromatic carbocycles. The number of rotatable bonds is 12. The Balaban J connectivity index is 0.671. The highest BCUT2D eigenvalue weighted by molar-refractivity contribution is 5.75. The van der Waals surface area contributed by atoms with Gasteiger partial charge >= 0.3 is 12.1 Å². The molecule has 2 aromatic rings. The summed E-state index contributed by atoms with van der Waals surface area (Å²) in [6.07, 6.45) is 16.8. The average molecular weight is 695 g/mol. The number of nitrogens with one attached hydrogen (secondary N) is 4. The van der Waals surface area contributed by atoms with Crippen molar-refractivity contribution in [2.24, 2.45) is 17.3 Å². The highest BCUT2D eigenvalue weighted by Gasteiger charge is 2.44. The number of hydrogen-bond acceptors (Lipinski definition) is 4. The van der Waals surface area contributed by atoms with Gasteiger partial charge in [-0.3, -0.25) is 9.80 Å². The molecule has 51 heavy (non-hydrogen) atoms. The van der Waals surface area contributed by atoms with Gasteiger partial charge in [0.25, 0.3) is 0 Å². The predicted octanol–water partition coefficient (Wildman–Crippen LogP) is 8.29. The zero-order valence-corrected chi connectivity index (χ0v) is 31.2. The molecule has 8 nitrogen and oxygen atoms in total. The monoisotopic (exact) mass is 694 g/mol. The van der Waals surface area contributed by atoms with Crippen LogP contribution in [0.25, 0.3) is 0 Å². The molecule has 6 aliphatic rings. The lowest BCUT2D eigenvalue weighted by Gasteiger charge is -2.32. The van der Waals surface area contributed by atoms with Gasteiger partial charge in [0.2, 0.25) is 0 Å². The minimum atomic E-state index is -0.243. The molecule has 2 saturated heterocycles. The van der Waals surface area contributed by atoms with Crippen LogP contribution in [0.15, 0.2) is 48.5 Å². The molecule has 0 spiro atoms. The van der Waals surface area contributed by atoms with Crippen LogP contribution >= 0.6 is 0 Å². The summed E-state index contributed by atoms with van der Waals surface area (Å²) >= 11 is 0. The van der Waals surface area contributed by atoms with E-state index < -0.39 is 0 Å². The van der Waals surface area contributed by atoms with Crippen LogP contribution in [0, 0.1) is 17.3 Å². The first-order chi connectivity index (χ1) is 24.8. The van der Waals surface area contributed by atoms with E-state index >= 15 is 0 Å². The third kappa shape index (κ3) is 7.69. The standard InChI is InChI=1S/C43H62N6O2/c1-43(2,27-44-41(50)46-31-15-11-29(12-16-31)23-25-48-37-19-20-38(48)34-8-4-3-7-33(34)37)28-45-42(51)47-32-17-13-30(14-18-32)24-26-49-39-21-22-40(49)36-10-6-5-9-35(36)39/h3-10,29-32,37-40H,11-28H2,1-2H3,(H2,44,46,50)(H2,45,47,51)/t29?,30?,31?,32?,37-,38+,39-,40+. The molecule has 4 fully saturated rings. The first-order valence-electron chi connectivity index (χ1n) is 20.6. The minimum absolute atomic E-state index is 0.0823. The van der Waals surface area contributed by atoms with Gasteiger partial charge in [-0.25, -0.2) is 9.59 Å². The van der Waals surface area contributed by atoms with Gasteiger partial charge < -0.3 is 21.3 Å². The van der Waals surface area contributed by atoms with Crippen molar-refractivity contribution in [3.05, 3.63) is 70.8 Å². The van der Waals surface area contributed by atoms with Crippen LogP contribution in [-0.2, 0) is 0 Å². The molecule has 8 heteroatoms. The third-order valence-corrected chi connectivity index (χ3v) is 13.9. The second kappa shape index (κ2) is 15.1. The van der Waals surface area contributed by atoms with Crippen molar-refractivity contribution >= 4 is 12.1 Å². The topological polar surface area (TPSA) is 88.7 Å². The Kier molecular flexibility index (Phi) is 10.3. The molecule has 4 atom stereocenters. The maximum atomic E-state index is 12.8. The van der Waals surface area contributed by atoms with E-state index in [1.807, 2.05) is 0 Å². The summed E-state index contributed by atoms with van der Waals surface area (Å²) in [6.45, 7) is 7.63. The normalized spacial score (nSPS) is 31.3. The number of amides is 4. The van der Waals surface area contributed by atoms with Gasteiger partial charge in [0, 0.05) is 49.3 Å². The summed E-state index contributed by atoms with van der Waals surface area (Å²) in [6, 6.07) is 21.0. The summed E-state index contributed by atoms with van der Waals surface area (Å²) in [5, 5.41) is 12.7. The number of fused-ring (bicyclic) bond motifs is 10. The lowest BCUT2D eigenvalue weighted by atomic mass is 9.84. The number of carbonyl (C=O) groups is 2. The molecule has 2 aliphatic carbocycles. The van der Waals surface area contributed by atoms with Crippen LogP contribution in [0.5, 0.6) is 0 Å². The summed E-state index contributed by atoms with van der Waals surface area (Å²) in [7, 11) is 0. The van der Waals surface area contributed by atoms with Crippen LogP contribution in [0.4, 0.5) is 9.59 Å². The largest absolute Gasteiger partial charge is 0.338 e. The number of nitrogens with zero attached hydrogens (tertiary/aromatic N) is 2. The Morgan fingerprint density at radius 2 is 0.882 bits per heavy atom. The van der Waals surface area contributed by atoms with Crippen molar-refractivity contribution < 1.29 is 9.59 Å². The summed E-state index contributed by atoms with van der Waals surface area (Å²) in [5.74, 6) is 1.52. The molecule has 4 amide bonds. The zero-order chi connectivity index (χ0) is 35.0. The van der Waals surface area contributed by atoms with Crippen LogP contribution in [0.1, 0.15) is 150 Å². The fourth-order valence-electron chi connectivity index (χ4n) is 11.0. The van der Waals surface area contributed by atoms with Gasteiger partial charge in [0.1, 0.15) is 0 Å². The molecule has 4 heterocycles. The molecule has 4 N–H and O–H groups in total. The van der Waals surface area contributed by atoms with E-state index in [1.165, 1.54) is 77.3 Å². The minimum Gasteiger partial charge on any atom is -0.338 e. The van der Waals surface area contributed by atoms with E-state index in [9.17, 15) is 9.59 Å². The Labute approximate surface area is 306 Å². The molecule has 276 valence electrons. The predicted molar refractivity (Wildman–Crippen MR) is 203 cm³/mol. The van der Waals surface area contributed by atoms with E-state index in [1.54, 1.807) is 22.3 Å². The highest BCUT2D eigenvalue weighted by atomic mass is 16.2. The van der Waals surface area contributed by atoms with Crippen molar-refractivity contribution in [3.8, 4) is 0 Å². The lowest BCUT2D eigenvalue weighted by molar-refractivity contribution is 0.184. The van der Waals surface area contributed by atoms with Gasteiger partial charge in [-0.2, -0.15) is 0 Å². The summed E-state index contributed by atoms with van der Waals surface area (Å²) in [4.78, 5) is 31.2. The first kappa shape index (κ1) is 35.0. The first-order valence-corrected chi connectivity index (χ1v) is 20.6. The number of benzene rings is 2. The molecule has 0 unspecified atom stereocenters. The van der Waals surface area contributed by atoms with Crippen LogP contribution < -0.4 is 21.3 Å². The van der Waals surface area contributed by atoms with Gasteiger partial charge in [-0.05, 0) is 142 Å². The molecule has 4 bridgehead atoms. The number of hydrogen-bond donors (Lipinski definition) is 4.